The fraction of sp³-hybridized carbons (Fsp3) is 0.444. The van der Waals surface area contributed by atoms with Crippen molar-refractivity contribution in [2.75, 3.05) is 11.6 Å². The van der Waals surface area contributed by atoms with E-state index < -0.39 is 17.1 Å². The van der Waals surface area contributed by atoms with Crippen LogP contribution in [0.3, 0.4) is 0 Å². The Hall–Kier alpha value is -1.34. The predicted octanol–water partition coefficient (Wildman–Crippen LogP) is 0.133. The minimum atomic E-state index is -1.29. The molecular formula is C9H14N4O2S. The second-order valence-corrected chi connectivity index (χ2v) is 4.81. The molecule has 1 heterocycles. The van der Waals surface area contributed by atoms with E-state index in [9.17, 15) is 9.35 Å². The highest BCUT2D eigenvalue weighted by Crippen LogP contribution is 2.14. The average molecular weight is 242 g/mol. The average Bonchev–Trinajstić information content (AvgIpc) is 2.15. The first-order chi connectivity index (χ1) is 7.41. The lowest BCUT2D eigenvalue weighted by Gasteiger charge is -2.12. The van der Waals surface area contributed by atoms with Gasteiger partial charge in [0.1, 0.15) is 17.6 Å². The molecule has 88 valence electrons. The Bertz CT molecular complexity index is 395. The second-order valence-electron chi connectivity index (χ2n) is 3.53. The molecule has 0 bridgehead atoms. The van der Waals surface area contributed by atoms with Crippen LogP contribution in [0.5, 0.6) is 0 Å². The number of nitrogens with two attached hydrogens (primary N) is 1. The highest BCUT2D eigenvalue weighted by Gasteiger charge is 2.16. The van der Waals surface area contributed by atoms with Crippen molar-refractivity contribution in [2.45, 2.75) is 25.0 Å². The van der Waals surface area contributed by atoms with Gasteiger partial charge < -0.3 is 15.6 Å². The quantitative estimate of drug-likeness (QED) is 0.577. The van der Waals surface area contributed by atoms with Crippen LogP contribution in [0.1, 0.15) is 24.2 Å². The largest absolute Gasteiger partial charge is 0.609 e. The summed E-state index contributed by atoms with van der Waals surface area (Å²) in [6.45, 7) is 3.80. The van der Waals surface area contributed by atoms with Crippen LogP contribution >= 0.6 is 0 Å². The summed E-state index contributed by atoms with van der Waals surface area (Å²) in [5.74, 6) is -0.292. The summed E-state index contributed by atoms with van der Waals surface area (Å²) in [6, 6.07) is 0.0890. The van der Waals surface area contributed by atoms with Gasteiger partial charge >= 0.3 is 5.16 Å². The molecule has 0 aliphatic rings. The van der Waals surface area contributed by atoms with E-state index in [1.165, 1.54) is 12.5 Å². The van der Waals surface area contributed by atoms with E-state index in [1.807, 2.05) is 13.8 Å². The van der Waals surface area contributed by atoms with Gasteiger partial charge in [0.15, 0.2) is 0 Å². The van der Waals surface area contributed by atoms with Crippen molar-refractivity contribution in [3.05, 3.63) is 11.8 Å². The number of anilines is 1. The molecular weight excluding hydrogens is 228 g/mol. The lowest BCUT2D eigenvalue weighted by molar-refractivity contribution is 0.1000. The zero-order valence-electron chi connectivity index (χ0n) is 9.35. The Kier molecular flexibility index (Phi) is 4.08. The van der Waals surface area contributed by atoms with Crippen LogP contribution in [0.4, 0.5) is 5.82 Å². The van der Waals surface area contributed by atoms with Gasteiger partial charge in [0.05, 0.1) is 6.20 Å². The van der Waals surface area contributed by atoms with Crippen molar-refractivity contribution >= 4 is 22.9 Å². The first-order valence-corrected chi connectivity index (χ1v) is 6.24. The molecule has 0 aromatic carbocycles. The zero-order valence-corrected chi connectivity index (χ0v) is 10.2. The van der Waals surface area contributed by atoms with Gasteiger partial charge in [0.2, 0.25) is 0 Å². The standard InChI is InChI=1S/C9H14N4O2S/c1-5(2)12-8-6(7(10)14)4-11-9(13-8)16(3)15/h4-5H,1-3H3,(H2,10,14)(H,11,12,13). The van der Waals surface area contributed by atoms with Crippen molar-refractivity contribution < 1.29 is 9.35 Å². The molecule has 0 aliphatic carbocycles. The molecule has 7 heteroatoms. The molecule has 1 aromatic heterocycles. The van der Waals surface area contributed by atoms with E-state index in [2.05, 4.69) is 15.3 Å². The monoisotopic (exact) mass is 242 g/mol. The fourth-order valence-corrected chi connectivity index (χ4v) is 1.49. The summed E-state index contributed by atoms with van der Waals surface area (Å²) in [4.78, 5) is 18.9. The Morgan fingerprint density at radius 3 is 2.69 bits per heavy atom. The van der Waals surface area contributed by atoms with Crippen molar-refractivity contribution in [2.24, 2.45) is 5.73 Å². The fourth-order valence-electron chi connectivity index (χ4n) is 1.07. The second kappa shape index (κ2) is 5.13. The highest BCUT2D eigenvalue weighted by molar-refractivity contribution is 7.90. The Morgan fingerprint density at radius 1 is 1.62 bits per heavy atom. The molecule has 0 spiro atoms. The number of primary amides is 1. The predicted molar refractivity (Wildman–Crippen MR) is 61.6 cm³/mol. The van der Waals surface area contributed by atoms with Crippen LogP contribution in [0.25, 0.3) is 0 Å². The number of rotatable bonds is 4. The van der Waals surface area contributed by atoms with Crippen LogP contribution in [0.2, 0.25) is 0 Å². The molecule has 6 nitrogen and oxygen atoms in total. The van der Waals surface area contributed by atoms with Crippen LogP contribution in [-0.4, -0.2) is 32.7 Å². The number of hydrogen-bond acceptors (Lipinski definition) is 5. The molecule has 0 fully saturated rings. The van der Waals surface area contributed by atoms with E-state index in [0.29, 0.717) is 5.82 Å². The normalized spacial score (nSPS) is 12.6. The lowest BCUT2D eigenvalue weighted by Crippen LogP contribution is -2.21. The third-order valence-electron chi connectivity index (χ3n) is 1.71. The molecule has 0 saturated carbocycles. The summed E-state index contributed by atoms with van der Waals surface area (Å²) >= 11 is -1.29. The summed E-state index contributed by atoms with van der Waals surface area (Å²) in [7, 11) is 0. The smallest absolute Gasteiger partial charge is 0.344 e. The highest BCUT2D eigenvalue weighted by atomic mass is 32.2. The molecule has 1 atom stereocenters. The summed E-state index contributed by atoms with van der Waals surface area (Å²) in [6.07, 6.45) is 2.76. The maximum atomic E-state index is 11.2. The topological polar surface area (TPSA) is 104 Å². The van der Waals surface area contributed by atoms with E-state index in [4.69, 9.17) is 5.73 Å². The number of amides is 1. The van der Waals surface area contributed by atoms with Crippen molar-refractivity contribution in [1.29, 1.82) is 0 Å². The molecule has 1 aromatic rings. The number of nitrogens with one attached hydrogen (secondary N) is 1. The number of carbonyl (C=O) groups excluding carboxylic acids is 1. The maximum Gasteiger partial charge on any atom is 0.344 e. The molecule has 1 unspecified atom stereocenters. The molecule has 1 rings (SSSR count). The molecule has 0 radical (unpaired) electrons. The van der Waals surface area contributed by atoms with Gasteiger partial charge in [0.25, 0.3) is 5.91 Å². The first-order valence-electron chi connectivity index (χ1n) is 4.68. The van der Waals surface area contributed by atoms with Gasteiger partial charge in [-0.05, 0) is 13.8 Å². The van der Waals surface area contributed by atoms with Crippen LogP contribution in [-0.2, 0) is 11.2 Å². The van der Waals surface area contributed by atoms with Gasteiger partial charge in [-0.2, -0.15) is 9.97 Å². The molecule has 0 saturated heterocycles. The zero-order chi connectivity index (χ0) is 12.3. The number of carbonyl (C=O) groups is 1. The first kappa shape index (κ1) is 12.7. The minimum absolute atomic E-state index is 0.0890. The Labute approximate surface area is 96.8 Å². The lowest BCUT2D eigenvalue weighted by atomic mass is 10.3. The number of nitrogens with zero attached hydrogens (tertiary/aromatic N) is 2. The summed E-state index contributed by atoms with van der Waals surface area (Å²) in [5.41, 5.74) is 5.38. The van der Waals surface area contributed by atoms with E-state index in [-0.39, 0.29) is 16.8 Å². The van der Waals surface area contributed by atoms with E-state index in [0.717, 1.165) is 0 Å². The van der Waals surface area contributed by atoms with Crippen LogP contribution in [0.15, 0.2) is 11.4 Å². The van der Waals surface area contributed by atoms with Gasteiger partial charge in [-0.1, -0.05) is 0 Å². The Balaban J connectivity index is 3.15. The maximum absolute atomic E-state index is 11.2. The third kappa shape index (κ3) is 3.07. The molecule has 16 heavy (non-hydrogen) atoms. The molecule has 1 amide bonds. The van der Waals surface area contributed by atoms with Gasteiger partial charge in [-0.3, -0.25) is 4.79 Å². The summed E-state index contributed by atoms with van der Waals surface area (Å²) < 4.78 is 11.2. The van der Waals surface area contributed by atoms with Crippen molar-refractivity contribution in [3.63, 3.8) is 0 Å². The van der Waals surface area contributed by atoms with Crippen molar-refractivity contribution in [1.82, 2.24) is 9.97 Å². The number of aromatic nitrogens is 2. The van der Waals surface area contributed by atoms with Gasteiger partial charge in [-0.25, -0.2) is 0 Å². The van der Waals surface area contributed by atoms with Gasteiger partial charge in [0, 0.05) is 17.2 Å². The SMILES string of the molecule is CC(C)Nc1nc([S+](C)[O-])ncc1C(N)=O. The van der Waals surface area contributed by atoms with Crippen LogP contribution < -0.4 is 11.1 Å². The minimum Gasteiger partial charge on any atom is -0.609 e. The summed E-state index contributed by atoms with van der Waals surface area (Å²) in [5, 5.41) is 3.14. The van der Waals surface area contributed by atoms with Crippen LogP contribution in [0, 0.1) is 0 Å². The van der Waals surface area contributed by atoms with E-state index in [1.54, 1.807) is 0 Å². The van der Waals surface area contributed by atoms with E-state index >= 15 is 0 Å². The third-order valence-corrected chi connectivity index (χ3v) is 2.43. The Morgan fingerprint density at radius 2 is 2.25 bits per heavy atom. The van der Waals surface area contributed by atoms with Gasteiger partial charge in [-0.15, -0.1) is 0 Å². The van der Waals surface area contributed by atoms with Crippen molar-refractivity contribution in [3.8, 4) is 0 Å². The number of hydrogen-bond donors (Lipinski definition) is 2. The molecule has 3 N–H and O–H groups in total. The molecule has 0 aliphatic heterocycles.